The third kappa shape index (κ3) is 3.74. The van der Waals surface area contributed by atoms with Crippen LogP contribution in [0, 0.1) is 6.42 Å². The molecule has 2 rings (SSSR count). The van der Waals surface area contributed by atoms with Crippen LogP contribution in [0.1, 0.15) is 12.5 Å². The molecule has 0 heterocycles. The lowest BCUT2D eigenvalue weighted by molar-refractivity contribution is -0.274. The van der Waals surface area contributed by atoms with Crippen molar-refractivity contribution in [2.75, 3.05) is 0 Å². The van der Waals surface area contributed by atoms with E-state index in [9.17, 15) is 13.2 Å². The lowest BCUT2D eigenvalue weighted by Gasteiger charge is -2.10. The van der Waals surface area contributed by atoms with Crippen LogP contribution in [-0.2, 0) is 0 Å². The van der Waals surface area contributed by atoms with E-state index in [2.05, 4.69) is 4.74 Å². The lowest BCUT2D eigenvalue weighted by Crippen LogP contribution is -2.17. The molecule has 0 aromatic heterocycles. The van der Waals surface area contributed by atoms with E-state index in [0.717, 1.165) is 11.1 Å². The highest BCUT2D eigenvalue weighted by atomic mass is 19.4. The first-order valence-electron chi connectivity index (χ1n) is 5.73. The van der Waals surface area contributed by atoms with Gasteiger partial charge in [0.15, 0.2) is 0 Å². The van der Waals surface area contributed by atoms with Gasteiger partial charge in [-0.15, -0.1) is 13.2 Å². The second-order valence-electron chi connectivity index (χ2n) is 3.99. The van der Waals surface area contributed by atoms with Crippen molar-refractivity contribution in [1.82, 2.24) is 0 Å². The Morgan fingerprint density at radius 2 is 1.63 bits per heavy atom. The number of alkyl halides is 3. The fraction of sp³-hybridized carbons (Fsp3) is 0.133. The molecule has 0 aliphatic rings. The Balaban J connectivity index is 2.27. The minimum absolute atomic E-state index is 0.212. The average Bonchev–Trinajstić information content (AvgIpc) is 2.37. The molecule has 0 saturated heterocycles. The summed E-state index contributed by atoms with van der Waals surface area (Å²) in [6, 6.07) is 13.5. The Hall–Kier alpha value is -1.97. The van der Waals surface area contributed by atoms with Gasteiger partial charge < -0.3 is 4.74 Å². The van der Waals surface area contributed by atoms with Gasteiger partial charge in [0.25, 0.3) is 0 Å². The molecule has 0 aliphatic carbocycles. The van der Waals surface area contributed by atoms with Crippen LogP contribution in [0.5, 0.6) is 5.75 Å². The van der Waals surface area contributed by atoms with Crippen LogP contribution in [0.25, 0.3) is 11.1 Å². The number of benzene rings is 2. The summed E-state index contributed by atoms with van der Waals surface area (Å²) in [5, 5.41) is 0. The van der Waals surface area contributed by atoms with Gasteiger partial charge in [0.05, 0.1) is 0 Å². The smallest absolute Gasteiger partial charge is 0.406 e. The Morgan fingerprint density at radius 3 is 2.21 bits per heavy atom. The SMILES string of the molecule is C[CH]c1ccc(-c2cccc(OC(F)(F)F)c2)cc1. The molecule has 0 atom stereocenters. The van der Waals surface area contributed by atoms with Gasteiger partial charge in [-0.3, -0.25) is 0 Å². The van der Waals surface area contributed by atoms with Crippen molar-refractivity contribution in [3.63, 3.8) is 0 Å². The third-order valence-corrected chi connectivity index (χ3v) is 2.64. The average molecular weight is 265 g/mol. The summed E-state index contributed by atoms with van der Waals surface area (Å²) < 4.78 is 40.3. The Bertz CT molecular complexity index is 544. The Labute approximate surface area is 109 Å². The fourth-order valence-corrected chi connectivity index (χ4v) is 1.74. The van der Waals surface area contributed by atoms with Crippen LogP contribution in [-0.4, -0.2) is 6.36 Å². The van der Waals surface area contributed by atoms with Gasteiger partial charge in [-0.25, -0.2) is 0 Å². The molecule has 0 saturated carbocycles. The summed E-state index contributed by atoms with van der Waals surface area (Å²) in [6.45, 7) is 1.92. The fourth-order valence-electron chi connectivity index (χ4n) is 1.74. The topological polar surface area (TPSA) is 9.23 Å². The third-order valence-electron chi connectivity index (χ3n) is 2.64. The van der Waals surface area contributed by atoms with Crippen LogP contribution in [0.2, 0.25) is 0 Å². The number of ether oxygens (including phenoxy) is 1. The first-order valence-corrected chi connectivity index (χ1v) is 5.73. The maximum Gasteiger partial charge on any atom is 0.573 e. The number of halogens is 3. The number of hydrogen-bond donors (Lipinski definition) is 0. The standard InChI is InChI=1S/C15H12F3O/c1-2-11-6-8-12(9-7-11)13-4-3-5-14(10-13)19-15(16,17)18/h2-10H,1H3. The first kappa shape index (κ1) is 13.5. The minimum atomic E-state index is -4.67. The number of rotatable bonds is 3. The quantitative estimate of drug-likeness (QED) is 0.772. The molecular formula is C15H12F3O. The molecule has 0 amide bonds. The van der Waals surface area contributed by atoms with Crippen molar-refractivity contribution >= 4 is 0 Å². The summed E-state index contributed by atoms with van der Waals surface area (Å²) in [5.41, 5.74) is 2.59. The summed E-state index contributed by atoms with van der Waals surface area (Å²) in [6.07, 6.45) is -2.72. The molecule has 0 unspecified atom stereocenters. The van der Waals surface area contributed by atoms with Crippen LogP contribution < -0.4 is 4.74 Å². The largest absolute Gasteiger partial charge is 0.573 e. The van der Waals surface area contributed by atoms with E-state index in [4.69, 9.17) is 0 Å². The summed E-state index contributed by atoms with van der Waals surface area (Å²) >= 11 is 0. The summed E-state index contributed by atoms with van der Waals surface area (Å²) in [5.74, 6) is -0.212. The second kappa shape index (κ2) is 5.34. The molecule has 1 nitrogen and oxygen atoms in total. The molecule has 2 aromatic rings. The second-order valence-corrected chi connectivity index (χ2v) is 3.99. The Morgan fingerprint density at radius 1 is 0.947 bits per heavy atom. The van der Waals surface area contributed by atoms with Crippen molar-refractivity contribution in [3.05, 3.63) is 60.5 Å². The van der Waals surface area contributed by atoms with E-state index in [-0.39, 0.29) is 5.75 Å². The van der Waals surface area contributed by atoms with Gasteiger partial charge in [-0.1, -0.05) is 43.3 Å². The molecule has 4 heteroatoms. The van der Waals surface area contributed by atoms with Gasteiger partial charge in [0.1, 0.15) is 5.75 Å². The molecule has 0 N–H and O–H groups in total. The molecule has 0 spiro atoms. The van der Waals surface area contributed by atoms with E-state index < -0.39 is 6.36 Å². The van der Waals surface area contributed by atoms with Gasteiger partial charge in [0, 0.05) is 0 Å². The van der Waals surface area contributed by atoms with Crippen LogP contribution in [0.4, 0.5) is 13.2 Å². The molecule has 19 heavy (non-hydrogen) atoms. The van der Waals surface area contributed by atoms with Crippen molar-refractivity contribution < 1.29 is 17.9 Å². The monoisotopic (exact) mass is 265 g/mol. The van der Waals surface area contributed by atoms with Crippen molar-refractivity contribution in [1.29, 1.82) is 0 Å². The molecule has 99 valence electrons. The molecule has 2 aromatic carbocycles. The van der Waals surface area contributed by atoms with E-state index in [1.807, 2.05) is 37.6 Å². The maximum atomic E-state index is 12.1. The highest BCUT2D eigenvalue weighted by Gasteiger charge is 2.31. The van der Waals surface area contributed by atoms with Gasteiger partial charge in [0.2, 0.25) is 0 Å². The first-order chi connectivity index (χ1) is 8.98. The molecule has 0 aliphatic heterocycles. The van der Waals surface area contributed by atoms with Crippen LogP contribution in [0.15, 0.2) is 48.5 Å². The van der Waals surface area contributed by atoms with Crippen LogP contribution >= 0.6 is 0 Å². The summed E-state index contributed by atoms with van der Waals surface area (Å²) in [4.78, 5) is 0. The zero-order chi connectivity index (χ0) is 13.9. The van der Waals surface area contributed by atoms with Crippen molar-refractivity contribution in [2.24, 2.45) is 0 Å². The highest BCUT2D eigenvalue weighted by Crippen LogP contribution is 2.28. The van der Waals surface area contributed by atoms with Crippen molar-refractivity contribution in [3.8, 4) is 16.9 Å². The predicted molar refractivity (Wildman–Crippen MR) is 67.6 cm³/mol. The zero-order valence-corrected chi connectivity index (χ0v) is 10.2. The van der Waals surface area contributed by atoms with E-state index >= 15 is 0 Å². The molecule has 0 fully saturated rings. The Kier molecular flexibility index (Phi) is 3.79. The van der Waals surface area contributed by atoms with Gasteiger partial charge >= 0.3 is 6.36 Å². The van der Waals surface area contributed by atoms with E-state index in [1.165, 1.54) is 18.2 Å². The van der Waals surface area contributed by atoms with E-state index in [0.29, 0.717) is 5.56 Å². The molecule has 0 bridgehead atoms. The van der Waals surface area contributed by atoms with E-state index in [1.54, 1.807) is 6.07 Å². The minimum Gasteiger partial charge on any atom is -0.406 e. The predicted octanol–water partition coefficient (Wildman–Crippen LogP) is 4.82. The van der Waals surface area contributed by atoms with Gasteiger partial charge in [-0.2, -0.15) is 0 Å². The zero-order valence-electron chi connectivity index (χ0n) is 10.2. The molecule has 1 radical (unpaired) electrons. The normalized spacial score (nSPS) is 11.4. The van der Waals surface area contributed by atoms with Crippen LogP contribution in [0.3, 0.4) is 0 Å². The van der Waals surface area contributed by atoms with Gasteiger partial charge in [-0.05, 0) is 35.2 Å². The lowest BCUT2D eigenvalue weighted by atomic mass is 10.0. The molecular weight excluding hydrogens is 253 g/mol. The maximum absolute atomic E-state index is 12.1. The van der Waals surface area contributed by atoms with Crippen molar-refractivity contribution in [2.45, 2.75) is 13.3 Å². The number of hydrogen-bond acceptors (Lipinski definition) is 1. The summed E-state index contributed by atoms with van der Waals surface area (Å²) in [7, 11) is 0. The highest BCUT2D eigenvalue weighted by molar-refractivity contribution is 5.65.